The lowest BCUT2D eigenvalue weighted by molar-refractivity contribution is 0.371. The molecule has 0 saturated heterocycles. The summed E-state index contributed by atoms with van der Waals surface area (Å²) in [6.07, 6.45) is 2.83. The van der Waals surface area contributed by atoms with Crippen molar-refractivity contribution in [2.24, 2.45) is 0 Å². The Bertz CT molecular complexity index is 507. The fraction of sp³-hybridized carbons (Fsp3) is 0.368. The first kappa shape index (κ1) is 15.7. The molecule has 0 heterocycles. The number of rotatable bonds is 8. The van der Waals surface area contributed by atoms with Crippen LogP contribution in [0.5, 0.6) is 0 Å². The fourth-order valence-corrected chi connectivity index (χ4v) is 2.43. The average Bonchev–Trinajstić information content (AvgIpc) is 2.53. The van der Waals surface area contributed by atoms with Crippen molar-refractivity contribution in [3.63, 3.8) is 0 Å². The summed E-state index contributed by atoms with van der Waals surface area (Å²) in [5, 5.41) is 3.33. The molecule has 0 radical (unpaired) electrons. The van der Waals surface area contributed by atoms with Gasteiger partial charge in [-0.15, -0.1) is 0 Å². The molecule has 0 aliphatic carbocycles. The van der Waals surface area contributed by atoms with Crippen LogP contribution >= 0.6 is 0 Å². The van der Waals surface area contributed by atoms with Crippen LogP contribution in [0.4, 0.5) is 4.39 Å². The van der Waals surface area contributed by atoms with E-state index >= 15 is 0 Å². The van der Waals surface area contributed by atoms with Gasteiger partial charge < -0.3 is 5.32 Å². The SMILES string of the molecule is Cc1ccc(CC(CF)NCCCc2ccccc2)cc1. The maximum absolute atomic E-state index is 13.1. The zero-order valence-electron chi connectivity index (χ0n) is 12.7. The third kappa shape index (κ3) is 5.68. The van der Waals surface area contributed by atoms with Gasteiger partial charge in [0.1, 0.15) is 6.67 Å². The van der Waals surface area contributed by atoms with Crippen molar-refractivity contribution in [1.29, 1.82) is 0 Å². The molecule has 0 fully saturated rings. The predicted molar refractivity (Wildman–Crippen MR) is 87.4 cm³/mol. The summed E-state index contributed by atoms with van der Waals surface area (Å²) in [5.74, 6) is 0. The number of aryl methyl sites for hydroxylation is 2. The molecule has 0 aliphatic rings. The maximum Gasteiger partial charge on any atom is 0.105 e. The summed E-state index contributed by atoms with van der Waals surface area (Å²) < 4.78 is 13.1. The molecule has 0 aliphatic heterocycles. The van der Waals surface area contributed by atoms with Crippen LogP contribution < -0.4 is 5.32 Å². The van der Waals surface area contributed by atoms with Crippen molar-refractivity contribution in [3.05, 3.63) is 71.3 Å². The smallest absolute Gasteiger partial charge is 0.105 e. The molecule has 21 heavy (non-hydrogen) atoms. The molecule has 0 spiro atoms. The number of hydrogen-bond acceptors (Lipinski definition) is 1. The second-order valence-corrected chi connectivity index (χ2v) is 5.58. The van der Waals surface area contributed by atoms with Crippen LogP contribution in [0.25, 0.3) is 0 Å². The number of halogens is 1. The third-order valence-electron chi connectivity index (χ3n) is 3.71. The molecular formula is C19H24FN. The Balaban J connectivity index is 1.71. The normalized spacial score (nSPS) is 12.3. The van der Waals surface area contributed by atoms with Gasteiger partial charge in [-0.2, -0.15) is 0 Å². The lowest BCUT2D eigenvalue weighted by Gasteiger charge is -2.15. The molecule has 2 rings (SSSR count). The molecule has 2 heteroatoms. The highest BCUT2D eigenvalue weighted by molar-refractivity contribution is 5.22. The van der Waals surface area contributed by atoms with E-state index in [2.05, 4.69) is 60.8 Å². The third-order valence-corrected chi connectivity index (χ3v) is 3.71. The van der Waals surface area contributed by atoms with Gasteiger partial charge in [0, 0.05) is 6.04 Å². The second kappa shape index (κ2) is 8.58. The maximum atomic E-state index is 13.1. The molecule has 0 aromatic heterocycles. The van der Waals surface area contributed by atoms with Gasteiger partial charge >= 0.3 is 0 Å². The first-order chi connectivity index (χ1) is 10.3. The van der Waals surface area contributed by atoms with Crippen LogP contribution in [-0.4, -0.2) is 19.3 Å². The largest absolute Gasteiger partial charge is 0.311 e. The van der Waals surface area contributed by atoms with Crippen molar-refractivity contribution in [1.82, 2.24) is 5.32 Å². The monoisotopic (exact) mass is 285 g/mol. The summed E-state index contributed by atoms with van der Waals surface area (Å²) in [6, 6.07) is 18.7. The van der Waals surface area contributed by atoms with Crippen molar-refractivity contribution in [2.75, 3.05) is 13.2 Å². The van der Waals surface area contributed by atoms with Gasteiger partial charge in [0.15, 0.2) is 0 Å². The van der Waals surface area contributed by atoms with E-state index in [1.54, 1.807) is 0 Å². The molecule has 1 N–H and O–H groups in total. The molecule has 2 aromatic carbocycles. The first-order valence-corrected chi connectivity index (χ1v) is 7.67. The van der Waals surface area contributed by atoms with E-state index in [0.29, 0.717) is 0 Å². The highest BCUT2D eigenvalue weighted by Crippen LogP contribution is 2.07. The molecular weight excluding hydrogens is 261 g/mol. The van der Waals surface area contributed by atoms with Gasteiger partial charge in [0.05, 0.1) is 0 Å². The zero-order chi connectivity index (χ0) is 14.9. The Morgan fingerprint density at radius 2 is 1.67 bits per heavy atom. The van der Waals surface area contributed by atoms with Crippen LogP contribution in [0.15, 0.2) is 54.6 Å². The van der Waals surface area contributed by atoms with Crippen molar-refractivity contribution in [3.8, 4) is 0 Å². The van der Waals surface area contributed by atoms with Gasteiger partial charge in [-0.05, 0) is 43.9 Å². The topological polar surface area (TPSA) is 12.0 Å². The summed E-state index contributed by atoms with van der Waals surface area (Å²) in [4.78, 5) is 0. The first-order valence-electron chi connectivity index (χ1n) is 7.67. The van der Waals surface area contributed by atoms with E-state index in [-0.39, 0.29) is 12.7 Å². The average molecular weight is 285 g/mol. The summed E-state index contributed by atoms with van der Waals surface area (Å²) in [5.41, 5.74) is 3.78. The van der Waals surface area contributed by atoms with Gasteiger partial charge in [0.2, 0.25) is 0 Å². The number of alkyl halides is 1. The highest BCUT2D eigenvalue weighted by Gasteiger charge is 2.08. The molecule has 1 atom stereocenters. The predicted octanol–water partition coefficient (Wildman–Crippen LogP) is 4.10. The number of hydrogen-bond donors (Lipinski definition) is 1. The minimum Gasteiger partial charge on any atom is -0.311 e. The molecule has 112 valence electrons. The summed E-state index contributed by atoms with van der Waals surface area (Å²) in [6.45, 7) is 2.60. The van der Waals surface area contributed by atoms with E-state index in [4.69, 9.17) is 0 Å². The fourth-order valence-electron chi connectivity index (χ4n) is 2.43. The lowest BCUT2D eigenvalue weighted by atomic mass is 10.0. The molecule has 0 amide bonds. The molecule has 1 nitrogen and oxygen atoms in total. The Morgan fingerprint density at radius 3 is 2.33 bits per heavy atom. The Kier molecular flexibility index (Phi) is 6.42. The minimum atomic E-state index is -0.320. The summed E-state index contributed by atoms with van der Waals surface area (Å²) >= 11 is 0. The zero-order valence-corrected chi connectivity index (χ0v) is 12.7. The van der Waals surface area contributed by atoms with Crippen LogP contribution in [0, 0.1) is 6.92 Å². The van der Waals surface area contributed by atoms with Crippen LogP contribution in [0.1, 0.15) is 23.1 Å². The molecule has 0 saturated carbocycles. The van der Waals surface area contributed by atoms with Crippen molar-refractivity contribution < 1.29 is 4.39 Å². The van der Waals surface area contributed by atoms with Crippen molar-refractivity contribution in [2.45, 2.75) is 32.2 Å². The van der Waals surface area contributed by atoms with E-state index < -0.39 is 0 Å². The Morgan fingerprint density at radius 1 is 0.952 bits per heavy atom. The molecule has 2 aromatic rings. The standard InChI is InChI=1S/C19H24FN/c1-16-9-11-18(12-10-16)14-19(15-20)21-13-5-8-17-6-3-2-4-7-17/h2-4,6-7,9-12,19,21H,5,8,13-15H2,1H3. The number of benzene rings is 2. The van der Waals surface area contributed by atoms with Gasteiger partial charge in [-0.1, -0.05) is 60.2 Å². The summed E-state index contributed by atoms with van der Waals surface area (Å²) in [7, 11) is 0. The van der Waals surface area contributed by atoms with Crippen molar-refractivity contribution >= 4 is 0 Å². The molecule has 0 bridgehead atoms. The number of nitrogens with one attached hydrogen (secondary N) is 1. The quantitative estimate of drug-likeness (QED) is 0.720. The van der Waals surface area contributed by atoms with Gasteiger partial charge in [-0.3, -0.25) is 0 Å². The van der Waals surface area contributed by atoms with Gasteiger partial charge in [-0.25, -0.2) is 4.39 Å². The second-order valence-electron chi connectivity index (χ2n) is 5.58. The lowest BCUT2D eigenvalue weighted by Crippen LogP contribution is -2.34. The van der Waals surface area contributed by atoms with Crippen LogP contribution in [0.3, 0.4) is 0 Å². The van der Waals surface area contributed by atoms with E-state index in [9.17, 15) is 4.39 Å². The van der Waals surface area contributed by atoms with Gasteiger partial charge in [0.25, 0.3) is 0 Å². The minimum absolute atomic E-state index is 0.0801. The van der Waals surface area contributed by atoms with E-state index in [1.807, 2.05) is 6.07 Å². The molecule has 1 unspecified atom stereocenters. The van der Waals surface area contributed by atoms with Crippen LogP contribution in [0.2, 0.25) is 0 Å². The highest BCUT2D eigenvalue weighted by atomic mass is 19.1. The Labute approximate surface area is 127 Å². The van der Waals surface area contributed by atoms with E-state index in [1.165, 1.54) is 16.7 Å². The van der Waals surface area contributed by atoms with Crippen LogP contribution in [-0.2, 0) is 12.8 Å². The Hall–Kier alpha value is -1.67. The van der Waals surface area contributed by atoms with E-state index in [0.717, 1.165) is 25.8 Å².